The van der Waals surface area contributed by atoms with Gasteiger partial charge in [0.2, 0.25) is 0 Å². The zero-order chi connectivity index (χ0) is 13.6. The molecule has 3 rings (SSSR count). The molecule has 1 aromatic heterocycles. The first-order valence-electron chi connectivity index (χ1n) is 6.58. The molecule has 1 aliphatic rings. The van der Waals surface area contributed by atoms with Gasteiger partial charge in [0, 0.05) is 30.6 Å². The molecular formula is C15H18N2O2. The zero-order valence-corrected chi connectivity index (χ0v) is 11.3. The number of aliphatic carboxylic acids is 1. The number of carboxylic acid groups (broad SMARTS) is 1. The molecule has 1 aliphatic heterocycles. The van der Waals surface area contributed by atoms with E-state index in [1.807, 2.05) is 4.57 Å². The summed E-state index contributed by atoms with van der Waals surface area (Å²) in [6.07, 6.45) is 0.924. The summed E-state index contributed by atoms with van der Waals surface area (Å²) in [4.78, 5) is 13.4. The number of carbonyl (C=O) groups is 1. The summed E-state index contributed by atoms with van der Waals surface area (Å²) >= 11 is 0. The van der Waals surface area contributed by atoms with Crippen LogP contribution in [0.4, 0.5) is 0 Å². The number of aryl methyl sites for hydroxylation is 1. The fourth-order valence-corrected chi connectivity index (χ4v) is 3.13. The van der Waals surface area contributed by atoms with Crippen molar-refractivity contribution in [1.82, 2.24) is 9.47 Å². The average Bonchev–Trinajstić information content (AvgIpc) is 2.64. The summed E-state index contributed by atoms with van der Waals surface area (Å²) in [6, 6.07) is 6.21. The van der Waals surface area contributed by atoms with Gasteiger partial charge >= 0.3 is 5.97 Å². The van der Waals surface area contributed by atoms with Gasteiger partial charge in [0.15, 0.2) is 0 Å². The van der Waals surface area contributed by atoms with Gasteiger partial charge in [0.1, 0.15) is 6.54 Å². The fraction of sp³-hybridized carbons (Fsp3) is 0.400. The minimum Gasteiger partial charge on any atom is -0.480 e. The van der Waals surface area contributed by atoms with Gasteiger partial charge in [0.05, 0.1) is 5.52 Å². The molecule has 1 N–H and O–H groups in total. The lowest BCUT2D eigenvalue weighted by Crippen LogP contribution is -2.27. The molecule has 1 aromatic carbocycles. The Labute approximate surface area is 112 Å². The molecule has 0 atom stereocenters. The van der Waals surface area contributed by atoms with Crippen molar-refractivity contribution in [1.29, 1.82) is 0 Å². The highest BCUT2D eigenvalue weighted by Gasteiger charge is 2.23. The van der Waals surface area contributed by atoms with Crippen molar-refractivity contribution in [2.24, 2.45) is 0 Å². The van der Waals surface area contributed by atoms with Crippen LogP contribution in [-0.2, 0) is 24.3 Å². The average molecular weight is 258 g/mol. The Morgan fingerprint density at radius 2 is 2.21 bits per heavy atom. The van der Waals surface area contributed by atoms with Crippen LogP contribution in [0.5, 0.6) is 0 Å². The lowest BCUT2D eigenvalue weighted by Gasteiger charge is -2.23. The standard InChI is InChI=1S/C15H18N2O2/c1-10-4-3-5-11-12-8-16(2)7-6-13(12)17(15(10)11)9-14(18)19/h3-5H,6-9H2,1-2H3,(H,18,19). The Balaban J connectivity index is 2.30. The number of nitrogens with zero attached hydrogens (tertiary/aromatic N) is 2. The second kappa shape index (κ2) is 4.38. The van der Waals surface area contributed by atoms with E-state index in [0.29, 0.717) is 0 Å². The van der Waals surface area contributed by atoms with E-state index < -0.39 is 5.97 Å². The number of benzene rings is 1. The van der Waals surface area contributed by atoms with Crippen LogP contribution in [0.15, 0.2) is 18.2 Å². The van der Waals surface area contributed by atoms with E-state index >= 15 is 0 Å². The number of likely N-dealkylation sites (N-methyl/N-ethyl adjacent to an activating group) is 1. The third-order valence-electron chi connectivity index (χ3n) is 3.96. The highest BCUT2D eigenvalue weighted by molar-refractivity contribution is 5.89. The van der Waals surface area contributed by atoms with E-state index in [-0.39, 0.29) is 6.54 Å². The molecule has 100 valence electrons. The van der Waals surface area contributed by atoms with Crippen LogP contribution in [-0.4, -0.2) is 34.1 Å². The minimum absolute atomic E-state index is 0.0560. The van der Waals surface area contributed by atoms with Crippen LogP contribution in [0.25, 0.3) is 10.9 Å². The number of carboxylic acids is 1. The van der Waals surface area contributed by atoms with Crippen LogP contribution >= 0.6 is 0 Å². The van der Waals surface area contributed by atoms with E-state index in [4.69, 9.17) is 5.11 Å². The van der Waals surface area contributed by atoms with Crippen LogP contribution in [0.3, 0.4) is 0 Å². The van der Waals surface area contributed by atoms with E-state index in [1.165, 1.54) is 16.6 Å². The Morgan fingerprint density at radius 3 is 2.95 bits per heavy atom. The third kappa shape index (κ3) is 1.92. The molecule has 0 unspecified atom stereocenters. The SMILES string of the molecule is Cc1cccc2c3c(n(CC(=O)O)c12)CCN(C)C3. The summed E-state index contributed by atoms with van der Waals surface area (Å²) in [5.74, 6) is -0.776. The normalized spacial score (nSPS) is 15.7. The van der Waals surface area contributed by atoms with Crippen molar-refractivity contribution in [2.45, 2.75) is 26.4 Å². The Morgan fingerprint density at radius 1 is 1.42 bits per heavy atom. The number of aromatic nitrogens is 1. The zero-order valence-electron chi connectivity index (χ0n) is 11.3. The van der Waals surface area contributed by atoms with Crippen LogP contribution in [0.1, 0.15) is 16.8 Å². The first-order chi connectivity index (χ1) is 9.08. The summed E-state index contributed by atoms with van der Waals surface area (Å²) in [7, 11) is 2.11. The minimum atomic E-state index is -0.776. The van der Waals surface area contributed by atoms with E-state index in [2.05, 4.69) is 37.1 Å². The lowest BCUT2D eigenvalue weighted by molar-refractivity contribution is -0.137. The van der Waals surface area contributed by atoms with Crippen molar-refractivity contribution >= 4 is 16.9 Å². The van der Waals surface area contributed by atoms with Crippen molar-refractivity contribution < 1.29 is 9.90 Å². The monoisotopic (exact) mass is 258 g/mol. The summed E-state index contributed by atoms with van der Waals surface area (Å²) < 4.78 is 2.00. The quantitative estimate of drug-likeness (QED) is 0.896. The molecule has 0 fully saturated rings. The Kier molecular flexibility index (Phi) is 2.82. The van der Waals surface area contributed by atoms with Gasteiger partial charge in [-0.1, -0.05) is 18.2 Å². The van der Waals surface area contributed by atoms with Crippen LogP contribution < -0.4 is 0 Å². The first kappa shape index (κ1) is 12.2. The van der Waals surface area contributed by atoms with Crippen molar-refractivity contribution in [3.63, 3.8) is 0 Å². The van der Waals surface area contributed by atoms with Crippen molar-refractivity contribution in [3.05, 3.63) is 35.0 Å². The number of fused-ring (bicyclic) bond motifs is 3. The number of hydrogen-bond acceptors (Lipinski definition) is 2. The van der Waals surface area contributed by atoms with Gasteiger partial charge in [-0.15, -0.1) is 0 Å². The van der Waals surface area contributed by atoms with Gasteiger partial charge in [0.25, 0.3) is 0 Å². The predicted molar refractivity (Wildman–Crippen MR) is 74.3 cm³/mol. The highest BCUT2D eigenvalue weighted by Crippen LogP contribution is 2.32. The number of rotatable bonds is 2. The van der Waals surface area contributed by atoms with E-state index in [9.17, 15) is 4.79 Å². The predicted octanol–water partition coefficient (Wildman–Crippen LogP) is 2.02. The van der Waals surface area contributed by atoms with Gasteiger partial charge in [-0.05, 0) is 25.1 Å². The summed E-state index contributed by atoms with van der Waals surface area (Å²) in [5.41, 5.74) is 4.74. The Bertz CT molecular complexity index is 658. The maximum Gasteiger partial charge on any atom is 0.323 e. The second-order valence-electron chi connectivity index (χ2n) is 5.36. The third-order valence-corrected chi connectivity index (χ3v) is 3.96. The molecule has 0 aliphatic carbocycles. The highest BCUT2D eigenvalue weighted by atomic mass is 16.4. The smallest absolute Gasteiger partial charge is 0.323 e. The molecule has 4 heteroatoms. The molecule has 4 nitrogen and oxygen atoms in total. The molecule has 19 heavy (non-hydrogen) atoms. The number of hydrogen-bond donors (Lipinski definition) is 1. The second-order valence-corrected chi connectivity index (χ2v) is 5.36. The molecule has 0 saturated carbocycles. The molecule has 0 amide bonds. The molecule has 0 saturated heterocycles. The van der Waals surface area contributed by atoms with E-state index in [0.717, 1.165) is 30.6 Å². The van der Waals surface area contributed by atoms with Gasteiger partial charge in [-0.3, -0.25) is 4.79 Å². The lowest BCUT2D eigenvalue weighted by atomic mass is 10.0. The van der Waals surface area contributed by atoms with Gasteiger partial charge in [-0.2, -0.15) is 0 Å². The van der Waals surface area contributed by atoms with Gasteiger partial charge < -0.3 is 14.6 Å². The summed E-state index contributed by atoms with van der Waals surface area (Å²) in [5, 5.41) is 10.4. The molecule has 0 bridgehead atoms. The Hall–Kier alpha value is -1.81. The molecule has 0 radical (unpaired) electrons. The fourth-order valence-electron chi connectivity index (χ4n) is 3.13. The van der Waals surface area contributed by atoms with E-state index in [1.54, 1.807) is 0 Å². The van der Waals surface area contributed by atoms with Crippen LogP contribution in [0.2, 0.25) is 0 Å². The van der Waals surface area contributed by atoms with Crippen LogP contribution in [0, 0.1) is 6.92 Å². The molecule has 0 spiro atoms. The topological polar surface area (TPSA) is 45.5 Å². The van der Waals surface area contributed by atoms with Crippen molar-refractivity contribution in [2.75, 3.05) is 13.6 Å². The van der Waals surface area contributed by atoms with Gasteiger partial charge in [-0.25, -0.2) is 0 Å². The maximum atomic E-state index is 11.1. The van der Waals surface area contributed by atoms with Crippen molar-refractivity contribution in [3.8, 4) is 0 Å². The largest absolute Gasteiger partial charge is 0.480 e. The summed E-state index contributed by atoms with van der Waals surface area (Å²) in [6.45, 7) is 4.00. The maximum absolute atomic E-state index is 11.1. The molecular weight excluding hydrogens is 240 g/mol. The molecule has 2 heterocycles. The first-order valence-corrected chi connectivity index (χ1v) is 6.58. The number of para-hydroxylation sites is 1. The molecule has 2 aromatic rings.